The Morgan fingerprint density at radius 3 is 2.33 bits per heavy atom. The zero-order valence-electron chi connectivity index (χ0n) is 17.4. The van der Waals surface area contributed by atoms with E-state index in [9.17, 15) is 5.11 Å². The lowest BCUT2D eigenvalue weighted by atomic mass is 9.43. The Morgan fingerprint density at radius 1 is 0.926 bits per heavy atom. The van der Waals surface area contributed by atoms with Crippen LogP contribution in [0.1, 0.15) is 72.6 Å². The Bertz CT molecular complexity index is 614. The Hall–Kier alpha value is -0.200. The van der Waals surface area contributed by atoms with E-state index in [2.05, 4.69) is 27.7 Å². The fourth-order valence-electron chi connectivity index (χ4n) is 7.82. The van der Waals surface area contributed by atoms with Gasteiger partial charge < -0.3 is 24.1 Å². The summed E-state index contributed by atoms with van der Waals surface area (Å²) in [6.07, 6.45) is 6.50. The molecule has 5 nitrogen and oxygen atoms in total. The average molecular weight is 381 g/mol. The summed E-state index contributed by atoms with van der Waals surface area (Å²) in [6, 6.07) is 0. The van der Waals surface area contributed by atoms with Gasteiger partial charge in [0.1, 0.15) is 0 Å². The third-order valence-corrected chi connectivity index (χ3v) is 9.26. The fraction of sp³-hybridized carbons (Fsp3) is 1.00. The monoisotopic (exact) mass is 380 g/mol. The standard InChI is InChI=1S/C22H36O5/c1-15-21(9-8-20(27-21)13-17(23)24-14-20)19(4)7-5-6-18(2,3)16(19)12-22(15)25-10-11-26-22/h15-17,23H,5-14H2,1-4H3/t15-,16-,17?,19-,20+,21+/m0/s1. The maximum Gasteiger partial charge on any atom is 0.174 e. The van der Waals surface area contributed by atoms with Gasteiger partial charge in [-0.1, -0.05) is 34.1 Å². The highest BCUT2D eigenvalue weighted by Gasteiger charge is 2.73. The van der Waals surface area contributed by atoms with Crippen LogP contribution >= 0.6 is 0 Å². The second-order valence-electron chi connectivity index (χ2n) is 10.9. The van der Waals surface area contributed by atoms with E-state index in [1.807, 2.05) is 0 Å². The summed E-state index contributed by atoms with van der Waals surface area (Å²) in [5, 5.41) is 10.0. The van der Waals surface area contributed by atoms with Crippen molar-refractivity contribution in [3.05, 3.63) is 0 Å². The molecule has 5 heteroatoms. The lowest BCUT2D eigenvalue weighted by Crippen LogP contribution is -2.70. The minimum absolute atomic E-state index is 0.0891. The highest BCUT2D eigenvalue weighted by atomic mass is 16.7. The molecule has 3 spiro atoms. The molecule has 0 amide bonds. The molecule has 5 aliphatic rings. The van der Waals surface area contributed by atoms with E-state index in [-0.39, 0.29) is 27.9 Å². The number of hydrogen-bond acceptors (Lipinski definition) is 5. The van der Waals surface area contributed by atoms with Crippen molar-refractivity contribution in [2.45, 2.75) is 95.9 Å². The molecule has 1 unspecified atom stereocenters. The van der Waals surface area contributed by atoms with E-state index in [4.69, 9.17) is 18.9 Å². The Kier molecular flexibility index (Phi) is 3.96. The zero-order chi connectivity index (χ0) is 19.1. The van der Waals surface area contributed by atoms with Gasteiger partial charge in [-0.25, -0.2) is 0 Å². The van der Waals surface area contributed by atoms with E-state index < -0.39 is 12.1 Å². The van der Waals surface area contributed by atoms with Crippen molar-refractivity contribution in [3.63, 3.8) is 0 Å². The van der Waals surface area contributed by atoms with Crippen LogP contribution in [0.5, 0.6) is 0 Å². The van der Waals surface area contributed by atoms with E-state index in [1.165, 1.54) is 19.3 Å². The molecule has 3 heterocycles. The first-order chi connectivity index (χ1) is 12.7. The minimum atomic E-state index is -0.696. The highest BCUT2D eigenvalue weighted by Crippen LogP contribution is 2.70. The summed E-state index contributed by atoms with van der Waals surface area (Å²) in [4.78, 5) is 0. The average Bonchev–Trinajstić information content (AvgIpc) is 3.31. The van der Waals surface area contributed by atoms with Crippen LogP contribution in [0.25, 0.3) is 0 Å². The summed E-state index contributed by atoms with van der Waals surface area (Å²) in [5.41, 5.74) is -0.301. The first-order valence-electron chi connectivity index (χ1n) is 10.9. The van der Waals surface area contributed by atoms with Crippen LogP contribution in [0.15, 0.2) is 0 Å². The molecule has 1 N–H and O–H groups in total. The van der Waals surface area contributed by atoms with Gasteiger partial charge in [0, 0.05) is 24.2 Å². The van der Waals surface area contributed by atoms with Crippen molar-refractivity contribution < 1.29 is 24.1 Å². The van der Waals surface area contributed by atoms with E-state index >= 15 is 0 Å². The Labute approximate surface area is 163 Å². The molecule has 154 valence electrons. The van der Waals surface area contributed by atoms with E-state index in [1.54, 1.807) is 0 Å². The molecule has 0 aromatic rings. The van der Waals surface area contributed by atoms with Crippen LogP contribution in [0.2, 0.25) is 0 Å². The van der Waals surface area contributed by atoms with Crippen molar-refractivity contribution in [2.75, 3.05) is 19.8 Å². The number of aliphatic hydroxyl groups is 1. The van der Waals surface area contributed by atoms with Crippen molar-refractivity contribution in [3.8, 4) is 0 Å². The summed E-state index contributed by atoms with van der Waals surface area (Å²) in [6.45, 7) is 11.5. The molecule has 3 aliphatic heterocycles. The molecule has 0 bridgehead atoms. The number of ether oxygens (including phenoxy) is 4. The van der Waals surface area contributed by atoms with Gasteiger partial charge in [-0.15, -0.1) is 0 Å². The molecular weight excluding hydrogens is 344 g/mol. The minimum Gasteiger partial charge on any atom is -0.368 e. The molecule has 5 rings (SSSR count). The lowest BCUT2D eigenvalue weighted by molar-refractivity contribution is -0.339. The van der Waals surface area contributed by atoms with Crippen molar-refractivity contribution in [2.24, 2.45) is 22.7 Å². The summed E-state index contributed by atoms with van der Waals surface area (Å²) in [5.74, 6) is 0.137. The fourth-order valence-corrected chi connectivity index (χ4v) is 7.82. The van der Waals surface area contributed by atoms with Gasteiger partial charge in [0.25, 0.3) is 0 Å². The topological polar surface area (TPSA) is 57.2 Å². The summed E-state index contributed by atoms with van der Waals surface area (Å²) >= 11 is 0. The van der Waals surface area contributed by atoms with Gasteiger partial charge in [-0.2, -0.15) is 0 Å². The van der Waals surface area contributed by atoms with Gasteiger partial charge >= 0.3 is 0 Å². The van der Waals surface area contributed by atoms with Crippen molar-refractivity contribution in [1.29, 1.82) is 0 Å². The number of fused-ring (bicyclic) bond motifs is 2. The maximum absolute atomic E-state index is 10.0. The van der Waals surface area contributed by atoms with E-state index in [0.717, 1.165) is 19.3 Å². The van der Waals surface area contributed by atoms with Gasteiger partial charge in [0.2, 0.25) is 0 Å². The second kappa shape index (κ2) is 5.69. The van der Waals surface area contributed by atoms with Crippen LogP contribution in [-0.4, -0.2) is 48.2 Å². The molecule has 0 aromatic heterocycles. The quantitative estimate of drug-likeness (QED) is 0.695. The van der Waals surface area contributed by atoms with Gasteiger partial charge in [-0.3, -0.25) is 0 Å². The second-order valence-corrected chi connectivity index (χ2v) is 10.9. The van der Waals surface area contributed by atoms with Gasteiger partial charge in [-0.05, 0) is 37.0 Å². The maximum atomic E-state index is 10.0. The summed E-state index contributed by atoms with van der Waals surface area (Å²) in [7, 11) is 0. The highest BCUT2D eigenvalue weighted by molar-refractivity contribution is 5.20. The number of hydrogen-bond donors (Lipinski definition) is 1. The summed E-state index contributed by atoms with van der Waals surface area (Å²) < 4.78 is 25.4. The first kappa shape index (κ1) is 18.8. The smallest absolute Gasteiger partial charge is 0.174 e. The zero-order valence-corrected chi connectivity index (χ0v) is 17.4. The molecule has 0 radical (unpaired) electrons. The largest absolute Gasteiger partial charge is 0.368 e. The van der Waals surface area contributed by atoms with Crippen LogP contribution in [-0.2, 0) is 18.9 Å². The van der Waals surface area contributed by atoms with Crippen molar-refractivity contribution >= 4 is 0 Å². The predicted octanol–water partition coefficient (Wildman–Crippen LogP) is 3.63. The van der Waals surface area contributed by atoms with Crippen LogP contribution in [0.4, 0.5) is 0 Å². The lowest BCUT2D eigenvalue weighted by Gasteiger charge is -2.67. The van der Waals surface area contributed by atoms with Crippen LogP contribution in [0.3, 0.4) is 0 Å². The Balaban J connectivity index is 1.61. The molecule has 3 saturated heterocycles. The first-order valence-corrected chi connectivity index (χ1v) is 10.9. The third kappa shape index (κ3) is 2.35. The van der Waals surface area contributed by atoms with Crippen molar-refractivity contribution in [1.82, 2.24) is 0 Å². The number of rotatable bonds is 0. The van der Waals surface area contributed by atoms with Crippen LogP contribution < -0.4 is 0 Å². The SMILES string of the molecule is C[C@@H]1C2(C[C@H]3C(C)(C)CCC[C@]3(C)[C@@]13CC[C@@]1(COC(O)C1)O3)OCCO2. The van der Waals surface area contributed by atoms with Gasteiger partial charge in [0.15, 0.2) is 12.1 Å². The normalized spacial score (nSPS) is 53.4. The molecule has 0 aromatic carbocycles. The number of aliphatic hydroxyl groups excluding tert-OH is 1. The molecule has 5 fully saturated rings. The Morgan fingerprint density at radius 2 is 1.67 bits per heavy atom. The van der Waals surface area contributed by atoms with Gasteiger partial charge in [0.05, 0.1) is 31.0 Å². The molecule has 6 atom stereocenters. The molecular formula is C22H36O5. The molecule has 2 saturated carbocycles. The third-order valence-electron chi connectivity index (χ3n) is 9.26. The predicted molar refractivity (Wildman–Crippen MR) is 100 cm³/mol. The van der Waals surface area contributed by atoms with E-state index in [0.29, 0.717) is 32.2 Å². The van der Waals surface area contributed by atoms with Crippen LogP contribution in [0, 0.1) is 22.7 Å². The molecule has 27 heavy (non-hydrogen) atoms. The molecule has 2 aliphatic carbocycles.